The molecule has 8 nitrogen and oxygen atoms in total. The van der Waals surface area contributed by atoms with Gasteiger partial charge in [0.15, 0.2) is 5.84 Å². The Labute approximate surface area is 203 Å². The van der Waals surface area contributed by atoms with Crippen LogP contribution in [0.3, 0.4) is 0 Å². The van der Waals surface area contributed by atoms with E-state index < -0.39 is 23.8 Å². The van der Waals surface area contributed by atoms with Crippen molar-refractivity contribution in [3.05, 3.63) is 10.9 Å². The Morgan fingerprint density at radius 3 is 2.29 bits per heavy atom. The number of hydrogen-bond acceptors (Lipinski definition) is 8. The van der Waals surface area contributed by atoms with E-state index in [1.54, 1.807) is 16.2 Å². The van der Waals surface area contributed by atoms with Gasteiger partial charge < -0.3 is 19.6 Å². The van der Waals surface area contributed by atoms with Crippen LogP contribution in [0.2, 0.25) is 0 Å². The number of aryl methyl sites for hydroxylation is 1. The van der Waals surface area contributed by atoms with Crippen molar-refractivity contribution in [1.29, 1.82) is 10.8 Å². The highest BCUT2D eigenvalue weighted by atomic mass is 32.1. The molecule has 2 N–H and O–H groups in total. The number of nitrogens with zero attached hydrogens (tertiary/aromatic N) is 6. The highest BCUT2D eigenvalue weighted by molar-refractivity contribution is 7.18. The third-order valence-electron chi connectivity index (χ3n) is 6.18. The summed E-state index contributed by atoms with van der Waals surface area (Å²) in [6.45, 7) is 4.67. The average molecular weight is 519 g/mol. The lowest BCUT2D eigenvalue weighted by Crippen LogP contribution is -2.59. The molecule has 2 fully saturated rings. The number of alkyl halides is 5. The lowest BCUT2D eigenvalue weighted by Gasteiger charge is -2.39. The number of hydrogen-bond donors (Lipinski definition) is 2. The summed E-state index contributed by atoms with van der Waals surface area (Å²) in [7, 11) is 2.04. The minimum absolute atomic E-state index is 0.0337. The van der Waals surface area contributed by atoms with Gasteiger partial charge in [-0.3, -0.25) is 10.8 Å². The summed E-state index contributed by atoms with van der Waals surface area (Å²) in [5.74, 6) is -6.71. The van der Waals surface area contributed by atoms with Crippen molar-refractivity contribution in [2.75, 3.05) is 62.7 Å². The number of aromatic nitrogens is 2. The molecule has 2 saturated heterocycles. The number of anilines is 2. The van der Waals surface area contributed by atoms with Crippen LogP contribution in [0.4, 0.5) is 33.7 Å². The van der Waals surface area contributed by atoms with E-state index in [1.165, 1.54) is 0 Å². The standard InChI is InChI=1S/C21H27F5N8S/c1-3-4-13-11-14-16(29-19(30-17(14)35-13)32-7-5-31(2)6-8-32)33-9-10-34(15(27)12-33)18(28)20(22,23)21(24,25)26/h11,27-28H,3-10,12H2,1-2H3. The number of nitrogens with one attached hydrogen (secondary N) is 2. The molecule has 0 radical (unpaired) electrons. The third-order valence-corrected chi connectivity index (χ3v) is 7.27. The largest absolute Gasteiger partial charge is 0.461 e. The van der Waals surface area contributed by atoms with Crippen molar-refractivity contribution in [2.45, 2.75) is 31.9 Å². The molecule has 14 heteroatoms. The van der Waals surface area contributed by atoms with Gasteiger partial charge in [0.1, 0.15) is 16.5 Å². The van der Waals surface area contributed by atoms with E-state index in [-0.39, 0.29) is 19.6 Å². The zero-order valence-electron chi connectivity index (χ0n) is 19.4. The number of amidine groups is 2. The van der Waals surface area contributed by atoms with E-state index in [0.717, 1.165) is 54.1 Å². The average Bonchev–Trinajstić information content (AvgIpc) is 3.20. The molecule has 4 rings (SSSR count). The van der Waals surface area contributed by atoms with Crippen molar-refractivity contribution in [2.24, 2.45) is 0 Å². The van der Waals surface area contributed by atoms with Crippen molar-refractivity contribution < 1.29 is 22.0 Å². The lowest BCUT2D eigenvalue weighted by atomic mass is 10.2. The van der Waals surface area contributed by atoms with Gasteiger partial charge in [-0.05, 0) is 19.5 Å². The van der Waals surface area contributed by atoms with Crippen molar-refractivity contribution in [1.82, 2.24) is 19.8 Å². The molecule has 0 bridgehead atoms. The quantitative estimate of drug-likeness (QED) is 0.357. The van der Waals surface area contributed by atoms with E-state index >= 15 is 0 Å². The SMILES string of the molecule is CCCc1cc2c(N3CCN(C(=N)C(F)(F)C(F)(F)F)C(=N)C3)nc(N3CCN(C)CC3)nc2s1. The summed E-state index contributed by atoms with van der Waals surface area (Å²) < 4.78 is 65.8. The van der Waals surface area contributed by atoms with Crippen LogP contribution in [0, 0.1) is 10.8 Å². The highest BCUT2D eigenvalue weighted by Crippen LogP contribution is 2.38. The maximum atomic E-state index is 13.7. The molecule has 0 aliphatic carbocycles. The highest BCUT2D eigenvalue weighted by Gasteiger charge is 2.62. The van der Waals surface area contributed by atoms with Crippen molar-refractivity contribution in [3.8, 4) is 0 Å². The number of halogens is 5. The Balaban J connectivity index is 1.64. The molecule has 0 atom stereocenters. The maximum Gasteiger partial charge on any atom is 0.461 e. The molecule has 4 heterocycles. The van der Waals surface area contributed by atoms with E-state index in [0.29, 0.717) is 16.7 Å². The minimum atomic E-state index is -5.90. The number of thiophene rings is 1. The monoisotopic (exact) mass is 518 g/mol. The second-order valence-corrected chi connectivity index (χ2v) is 9.87. The molecule has 0 saturated carbocycles. The lowest BCUT2D eigenvalue weighted by molar-refractivity contribution is -0.252. The molecule has 2 aliphatic heterocycles. The van der Waals surface area contributed by atoms with Crippen molar-refractivity contribution in [3.63, 3.8) is 0 Å². The minimum Gasteiger partial charge on any atom is -0.347 e. The van der Waals surface area contributed by atoms with Crippen LogP contribution in [-0.2, 0) is 6.42 Å². The van der Waals surface area contributed by atoms with E-state index in [9.17, 15) is 22.0 Å². The molecule has 2 aliphatic rings. The summed E-state index contributed by atoms with van der Waals surface area (Å²) in [6, 6.07) is 1.99. The Hall–Kier alpha value is -2.61. The van der Waals surface area contributed by atoms with Gasteiger partial charge in [-0.25, -0.2) is 4.98 Å². The summed E-state index contributed by atoms with van der Waals surface area (Å²) in [6.07, 6.45) is -4.10. The van der Waals surface area contributed by atoms with Crippen LogP contribution < -0.4 is 9.80 Å². The summed E-state index contributed by atoms with van der Waals surface area (Å²) in [5.41, 5.74) is 0. The molecular formula is C21H27F5N8S. The van der Waals surface area contributed by atoms with Gasteiger partial charge in [-0.1, -0.05) is 13.3 Å². The molecule has 192 valence electrons. The van der Waals surface area contributed by atoms with Gasteiger partial charge in [0.25, 0.3) is 0 Å². The second kappa shape index (κ2) is 9.45. The van der Waals surface area contributed by atoms with Gasteiger partial charge in [0.2, 0.25) is 5.95 Å². The Kier molecular flexibility index (Phi) is 6.88. The molecule has 0 unspecified atom stereocenters. The van der Waals surface area contributed by atoms with Gasteiger partial charge in [0.05, 0.1) is 11.9 Å². The van der Waals surface area contributed by atoms with Gasteiger partial charge >= 0.3 is 12.1 Å². The predicted octanol–water partition coefficient (Wildman–Crippen LogP) is 3.67. The summed E-state index contributed by atoms with van der Waals surface area (Å²) in [4.78, 5) is 17.8. The molecule has 2 aromatic rings. The topological polar surface area (TPSA) is 86.4 Å². The maximum absolute atomic E-state index is 13.7. The first-order chi connectivity index (χ1) is 16.4. The number of fused-ring (bicyclic) bond motifs is 1. The van der Waals surface area contributed by atoms with E-state index in [2.05, 4.69) is 16.7 Å². The van der Waals surface area contributed by atoms with Crippen molar-refractivity contribution >= 4 is 45.0 Å². The van der Waals surface area contributed by atoms with Crippen LogP contribution in [0.25, 0.3) is 10.2 Å². The van der Waals surface area contributed by atoms with Crippen LogP contribution in [0.5, 0.6) is 0 Å². The molecule has 35 heavy (non-hydrogen) atoms. The molecule has 2 aromatic heterocycles. The first-order valence-electron chi connectivity index (χ1n) is 11.3. The fourth-order valence-corrected chi connectivity index (χ4v) is 5.25. The molecule has 0 aromatic carbocycles. The van der Waals surface area contributed by atoms with Crippen LogP contribution in [-0.4, -0.2) is 96.4 Å². The van der Waals surface area contributed by atoms with Crippen LogP contribution in [0.1, 0.15) is 18.2 Å². The summed E-state index contributed by atoms with van der Waals surface area (Å²) >= 11 is 1.55. The number of likely N-dealkylation sites (N-methyl/N-ethyl adjacent to an activating group) is 1. The zero-order valence-corrected chi connectivity index (χ0v) is 20.2. The number of rotatable bonds is 5. The van der Waals surface area contributed by atoms with E-state index in [4.69, 9.17) is 20.8 Å². The fraction of sp³-hybridized carbons (Fsp3) is 0.619. The normalized spacial score (nSPS) is 18.6. The Morgan fingerprint density at radius 1 is 1.03 bits per heavy atom. The smallest absolute Gasteiger partial charge is 0.347 e. The molecular weight excluding hydrogens is 491 g/mol. The van der Waals surface area contributed by atoms with E-state index in [1.807, 2.05) is 13.1 Å². The second-order valence-electron chi connectivity index (χ2n) is 8.76. The van der Waals surface area contributed by atoms with Gasteiger partial charge in [-0.15, -0.1) is 11.3 Å². The molecule has 0 spiro atoms. The third kappa shape index (κ3) is 4.90. The zero-order chi connectivity index (χ0) is 25.5. The number of piperazine rings is 2. The molecule has 0 amide bonds. The fourth-order valence-electron chi connectivity index (χ4n) is 4.14. The van der Waals surface area contributed by atoms with Gasteiger partial charge in [-0.2, -0.15) is 26.9 Å². The summed E-state index contributed by atoms with van der Waals surface area (Å²) in [5, 5.41) is 16.4. The Morgan fingerprint density at radius 2 is 1.69 bits per heavy atom. The predicted molar refractivity (Wildman–Crippen MR) is 126 cm³/mol. The Bertz CT molecular complexity index is 1110. The van der Waals surface area contributed by atoms with Crippen LogP contribution >= 0.6 is 11.3 Å². The first kappa shape index (κ1) is 25.5. The first-order valence-corrected chi connectivity index (χ1v) is 12.1. The van der Waals surface area contributed by atoms with Gasteiger partial charge in [0, 0.05) is 44.1 Å². The van der Waals surface area contributed by atoms with Crippen LogP contribution in [0.15, 0.2) is 6.07 Å².